The van der Waals surface area contributed by atoms with E-state index >= 15 is 0 Å². The fourth-order valence-corrected chi connectivity index (χ4v) is 4.92. The van der Waals surface area contributed by atoms with Gasteiger partial charge in [-0.25, -0.2) is 8.78 Å². The number of nitrogens with two attached hydrogens (primary N) is 1. The number of likely N-dealkylation sites (N-methyl/N-ethyl adjacent to an activating group) is 1. The van der Waals surface area contributed by atoms with Crippen LogP contribution in [0.4, 0.5) is 26.4 Å². The van der Waals surface area contributed by atoms with Crippen LogP contribution in [0.5, 0.6) is 5.75 Å². The normalized spacial score (nSPS) is 15.1. The Labute approximate surface area is 232 Å². The summed E-state index contributed by atoms with van der Waals surface area (Å²) in [6.45, 7) is 4.11. The lowest BCUT2D eigenvalue weighted by Crippen LogP contribution is -2.48. The summed E-state index contributed by atoms with van der Waals surface area (Å²) in [5.74, 6) is 0.883. The van der Waals surface area contributed by atoms with Crippen LogP contribution in [0.2, 0.25) is 0 Å². The summed E-state index contributed by atoms with van der Waals surface area (Å²) in [6, 6.07) is 5.77. The molecular formula is C25H31F2N9O3S. The first-order valence-corrected chi connectivity index (χ1v) is 14.6. The van der Waals surface area contributed by atoms with Crippen molar-refractivity contribution < 1.29 is 22.5 Å². The van der Waals surface area contributed by atoms with Gasteiger partial charge in [-0.1, -0.05) is 11.2 Å². The van der Waals surface area contributed by atoms with Crippen LogP contribution in [0.15, 0.2) is 34.9 Å². The molecule has 4 aromatic rings. The van der Waals surface area contributed by atoms with E-state index in [0.29, 0.717) is 73.9 Å². The van der Waals surface area contributed by atoms with Gasteiger partial charge in [0.2, 0.25) is 17.7 Å². The maximum absolute atomic E-state index is 14.6. The average Bonchev–Trinajstić information content (AvgIpc) is 3.61. The smallest absolute Gasteiger partial charge is 0.259 e. The molecule has 0 amide bonds. The highest BCUT2D eigenvalue weighted by Gasteiger charge is 2.23. The number of ether oxygens (including phenoxy) is 1. The molecule has 1 atom stereocenters. The van der Waals surface area contributed by atoms with Crippen molar-refractivity contribution >= 4 is 34.5 Å². The Morgan fingerprint density at radius 3 is 2.67 bits per heavy atom. The van der Waals surface area contributed by atoms with Crippen molar-refractivity contribution in [3.8, 4) is 17.3 Å². The van der Waals surface area contributed by atoms with E-state index in [1.807, 2.05) is 16.8 Å². The van der Waals surface area contributed by atoms with Crippen LogP contribution < -0.4 is 20.3 Å². The molecule has 40 heavy (non-hydrogen) atoms. The van der Waals surface area contributed by atoms with Gasteiger partial charge in [-0.3, -0.25) is 4.90 Å². The van der Waals surface area contributed by atoms with Crippen LogP contribution in [-0.2, 0) is 11.2 Å². The second-order valence-corrected chi connectivity index (χ2v) is 11.0. The summed E-state index contributed by atoms with van der Waals surface area (Å²) in [5, 5.41) is 4.31. The summed E-state index contributed by atoms with van der Waals surface area (Å²) in [4.78, 5) is 19.3. The predicted molar refractivity (Wildman–Crippen MR) is 148 cm³/mol. The quantitative estimate of drug-likeness (QED) is 0.208. The van der Waals surface area contributed by atoms with Gasteiger partial charge in [0.15, 0.2) is 17.3 Å². The molecule has 214 valence electrons. The van der Waals surface area contributed by atoms with Crippen molar-refractivity contribution in [2.24, 2.45) is 0 Å². The number of anilines is 3. The summed E-state index contributed by atoms with van der Waals surface area (Å²) in [6.07, 6.45) is 3.67. The number of aromatic nitrogens is 5. The van der Waals surface area contributed by atoms with E-state index in [2.05, 4.69) is 25.0 Å². The van der Waals surface area contributed by atoms with Crippen LogP contribution >= 0.6 is 0 Å². The van der Waals surface area contributed by atoms with Crippen LogP contribution in [0.25, 0.3) is 17.4 Å². The first kappa shape index (κ1) is 27.9. The molecule has 0 spiro atoms. The van der Waals surface area contributed by atoms with Gasteiger partial charge in [-0.15, -0.1) is 5.10 Å². The zero-order valence-electron chi connectivity index (χ0n) is 22.3. The highest BCUT2D eigenvalue weighted by molar-refractivity contribution is 7.90. The lowest BCUT2D eigenvalue weighted by atomic mass is 10.2. The van der Waals surface area contributed by atoms with E-state index in [0.717, 1.165) is 12.6 Å². The monoisotopic (exact) mass is 575 g/mol. The number of furan rings is 1. The molecule has 2 N–H and O–H groups in total. The van der Waals surface area contributed by atoms with Gasteiger partial charge in [0.25, 0.3) is 5.78 Å². The van der Waals surface area contributed by atoms with E-state index < -0.39 is 22.8 Å². The van der Waals surface area contributed by atoms with Gasteiger partial charge >= 0.3 is 0 Å². The molecule has 5 rings (SSSR count). The molecule has 1 aliphatic heterocycles. The third kappa shape index (κ3) is 6.37. The highest BCUT2D eigenvalue weighted by atomic mass is 32.2. The topological polar surface area (TPSA) is 137 Å². The average molecular weight is 576 g/mol. The third-order valence-electron chi connectivity index (χ3n) is 6.60. The lowest BCUT2D eigenvalue weighted by Gasteiger charge is -2.37. The van der Waals surface area contributed by atoms with Crippen LogP contribution in [0.3, 0.4) is 0 Å². The molecule has 1 aromatic carbocycles. The van der Waals surface area contributed by atoms with Gasteiger partial charge in [0, 0.05) is 64.9 Å². The molecular weight excluding hydrogens is 544 g/mol. The van der Waals surface area contributed by atoms with Crippen molar-refractivity contribution in [2.45, 2.75) is 6.42 Å². The maximum Gasteiger partial charge on any atom is 0.259 e. The Hall–Kier alpha value is -3.69. The highest BCUT2D eigenvalue weighted by Crippen LogP contribution is 2.29. The number of rotatable bonds is 11. The number of piperazine rings is 1. The van der Waals surface area contributed by atoms with Gasteiger partial charge in [0.05, 0.1) is 24.8 Å². The summed E-state index contributed by atoms with van der Waals surface area (Å²) < 4.78 is 52.3. The van der Waals surface area contributed by atoms with E-state index in [1.54, 1.807) is 18.4 Å². The summed E-state index contributed by atoms with van der Waals surface area (Å²) >= 11 is -0.943. The van der Waals surface area contributed by atoms with E-state index in [-0.39, 0.29) is 18.3 Å². The predicted octanol–water partition coefficient (Wildman–Crippen LogP) is 2.05. The molecule has 1 saturated heterocycles. The maximum atomic E-state index is 14.6. The molecule has 0 bridgehead atoms. The molecule has 1 fully saturated rings. The largest absolute Gasteiger partial charge is 0.617 e. The van der Waals surface area contributed by atoms with Crippen molar-refractivity contribution in [1.29, 1.82) is 0 Å². The van der Waals surface area contributed by atoms with Crippen molar-refractivity contribution in [3.63, 3.8) is 0 Å². The first-order chi connectivity index (χ1) is 19.3. The van der Waals surface area contributed by atoms with Gasteiger partial charge in [0.1, 0.15) is 11.6 Å². The number of hydrogen-bond acceptors (Lipinski definition) is 11. The second kappa shape index (κ2) is 12.2. The van der Waals surface area contributed by atoms with E-state index in [4.69, 9.17) is 14.9 Å². The standard InChI is InChI=1S/C25H31F2N9O3S/c1-33(24-30-23(28)36-25(31-24)29-22(32-36)20-5-3-12-38-20)6-7-34-8-10-35(11-9-34)19-16-21(18(27)15-17(19)26)39-13-4-14-40(2)37/h3,5,12,15-16H,4,6-11,13-14H2,1-2H3,(H2,28,29,30,31,32). The number of fused-ring (bicyclic) bond motifs is 1. The molecule has 1 unspecified atom stereocenters. The van der Waals surface area contributed by atoms with Crippen molar-refractivity contribution in [2.75, 3.05) is 80.5 Å². The number of benzene rings is 1. The lowest BCUT2D eigenvalue weighted by molar-refractivity contribution is 0.262. The number of nitrogens with zero attached hydrogens (tertiary/aromatic N) is 8. The van der Waals surface area contributed by atoms with E-state index in [1.165, 1.54) is 16.8 Å². The Bertz CT molecular complexity index is 1430. The molecule has 0 aliphatic carbocycles. The Kier molecular flexibility index (Phi) is 8.52. The molecule has 0 radical (unpaired) electrons. The van der Waals surface area contributed by atoms with Crippen LogP contribution in [0, 0.1) is 11.6 Å². The molecule has 0 saturated carbocycles. The number of hydrogen-bond donors (Lipinski definition) is 1. The zero-order valence-corrected chi connectivity index (χ0v) is 23.1. The molecule has 15 heteroatoms. The van der Waals surface area contributed by atoms with Gasteiger partial charge in [-0.05, 0) is 12.1 Å². The Balaban J connectivity index is 1.15. The second-order valence-electron chi connectivity index (χ2n) is 9.47. The molecule has 12 nitrogen and oxygen atoms in total. The third-order valence-corrected chi connectivity index (χ3v) is 7.47. The fourth-order valence-electron chi connectivity index (χ4n) is 4.39. The number of halogens is 2. The van der Waals surface area contributed by atoms with Crippen LogP contribution in [0.1, 0.15) is 6.42 Å². The van der Waals surface area contributed by atoms with Crippen LogP contribution in [-0.4, -0.2) is 99.0 Å². The zero-order chi connectivity index (χ0) is 28.2. The minimum absolute atomic E-state index is 0.00235. The minimum Gasteiger partial charge on any atom is -0.617 e. The Morgan fingerprint density at radius 2 is 1.95 bits per heavy atom. The number of nitrogen functional groups attached to an aromatic ring is 1. The summed E-state index contributed by atoms with van der Waals surface area (Å²) in [5.41, 5.74) is 6.42. The summed E-state index contributed by atoms with van der Waals surface area (Å²) in [7, 11) is 1.87. The van der Waals surface area contributed by atoms with Gasteiger partial charge < -0.3 is 29.2 Å². The SMILES string of the molecule is CN(CCN1CCN(c2cc(OCCC[S+](C)[O-])c(F)cc2F)CC1)c1nc(N)n2nc(-c3ccco3)nc2n1. The minimum atomic E-state index is -0.943. The molecule has 3 aromatic heterocycles. The van der Waals surface area contributed by atoms with Crippen molar-refractivity contribution in [1.82, 2.24) is 29.5 Å². The fraction of sp³-hybridized carbons (Fsp3) is 0.440. The first-order valence-electron chi connectivity index (χ1n) is 12.8. The Morgan fingerprint density at radius 1 is 1.15 bits per heavy atom. The molecule has 4 heterocycles. The van der Waals surface area contributed by atoms with E-state index in [9.17, 15) is 13.3 Å². The van der Waals surface area contributed by atoms with Crippen molar-refractivity contribution in [3.05, 3.63) is 42.2 Å². The molecule has 1 aliphatic rings. The van der Waals surface area contributed by atoms with Gasteiger partial charge in [-0.2, -0.15) is 19.5 Å².